The van der Waals surface area contributed by atoms with Crippen LogP contribution >= 0.6 is 0 Å². The number of hydrogen-bond donors (Lipinski definition) is 3. The fourth-order valence-electron chi connectivity index (χ4n) is 3.45. The van der Waals surface area contributed by atoms with Crippen molar-refractivity contribution in [3.8, 4) is 0 Å². The Kier molecular flexibility index (Phi) is 6.28. The lowest BCUT2D eigenvalue weighted by Gasteiger charge is -2.18. The van der Waals surface area contributed by atoms with Gasteiger partial charge in [0.25, 0.3) is 0 Å². The SMILES string of the molecule is CN(c1cccc(CNc2nc(Nc3ccc4c(c3)NC(=O)C4)ncc2C(F)(F)F)c1)S(C)(=O)=O. The number of rotatable bonds is 7. The van der Waals surface area contributed by atoms with Crippen LogP contribution in [-0.4, -0.2) is 37.6 Å². The largest absolute Gasteiger partial charge is 0.421 e. The number of fused-ring (bicyclic) bond motifs is 1. The van der Waals surface area contributed by atoms with Crippen LogP contribution in [0, 0.1) is 0 Å². The van der Waals surface area contributed by atoms with Crippen molar-refractivity contribution >= 4 is 44.8 Å². The number of alkyl halides is 3. The maximum atomic E-state index is 13.6. The molecule has 0 saturated carbocycles. The van der Waals surface area contributed by atoms with Crippen LogP contribution in [0.3, 0.4) is 0 Å². The van der Waals surface area contributed by atoms with E-state index in [1.807, 2.05) is 0 Å². The molecule has 3 N–H and O–H groups in total. The molecular weight excluding hydrogens is 485 g/mol. The Labute approximate surface area is 199 Å². The van der Waals surface area contributed by atoms with E-state index in [0.29, 0.717) is 28.8 Å². The molecule has 0 atom stereocenters. The molecule has 0 fully saturated rings. The summed E-state index contributed by atoms with van der Waals surface area (Å²) in [4.78, 5) is 19.3. The Morgan fingerprint density at radius 2 is 1.94 bits per heavy atom. The molecule has 0 bridgehead atoms. The zero-order valence-corrected chi connectivity index (χ0v) is 19.5. The maximum Gasteiger partial charge on any atom is 0.421 e. The summed E-state index contributed by atoms with van der Waals surface area (Å²) in [5, 5.41) is 8.23. The number of halogens is 3. The van der Waals surface area contributed by atoms with Crippen molar-refractivity contribution < 1.29 is 26.4 Å². The minimum atomic E-state index is -4.70. The molecule has 184 valence electrons. The van der Waals surface area contributed by atoms with Gasteiger partial charge >= 0.3 is 6.18 Å². The van der Waals surface area contributed by atoms with Gasteiger partial charge in [0.05, 0.1) is 18.4 Å². The van der Waals surface area contributed by atoms with E-state index in [2.05, 4.69) is 25.9 Å². The molecular formula is C22H21F3N6O3S. The van der Waals surface area contributed by atoms with Crippen LogP contribution in [0.4, 0.5) is 42.0 Å². The highest BCUT2D eigenvalue weighted by atomic mass is 32.2. The molecule has 2 heterocycles. The van der Waals surface area contributed by atoms with Crippen molar-refractivity contribution in [2.45, 2.75) is 19.1 Å². The number of nitrogens with zero attached hydrogens (tertiary/aromatic N) is 3. The number of aromatic nitrogens is 2. The first kappa shape index (κ1) is 24.3. The Bertz CT molecular complexity index is 1400. The number of benzene rings is 2. The molecule has 1 amide bonds. The van der Waals surface area contributed by atoms with Gasteiger partial charge in [-0.25, -0.2) is 13.4 Å². The molecule has 9 nitrogen and oxygen atoms in total. The quantitative estimate of drug-likeness (QED) is 0.447. The van der Waals surface area contributed by atoms with Crippen molar-refractivity contribution in [3.05, 3.63) is 65.4 Å². The third-order valence-electron chi connectivity index (χ3n) is 5.32. The molecule has 4 rings (SSSR count). The summed E-state index contributed by atoms with van der Waals surface area (Å²) in [5.41, 5.74) is 1.80. The normalized spacial score (nSPS) is 13.2. The van der Waals surface area contributed by atoms with Gasteiger partial charge in [-0.3, -0.25) is 9.10 Å². The van der Waals surface area contributed by atoms with Gasteiger partial charge in [-0.15, -0.1) is 0 Å². The van der Waals surface area contributed by atoms with E-state index in [1.54, 1.807) is 42.5 Å². The summed E-state index contributed by atoms with van der Waals surface area (Å²) in [6, 6.07) is 11.5. The van der Waals surface area contributed by atoms with Crippen LogP contribution in [0.1, 0.15) is 16.7 Å². The summed E-state index contributed by atoms with van der Waals surface area (Å²) < 4.78 is 65.3. The lowest BCUT2D eigenvalue weighted by Crippen LogP contribution is -2.24. The van der Waals surface area contributed by atoms with Gasteiger partial charge in [0.15, 0.2) is 0 Å². The molecule has 0 saturated heterocycles. The Balaban J connectivity index is 1.57. The van der Waals surface area contributed by atoms with Gasteiger partial charge in [0.1, 0.15) is 11.4 Å². The van der Waals surface area contributed by atoms with Crippen molar-refractivity contribution in [2.24, 2.45) is 0 Å². The van der Waals surface area contributed by atoms with E-state index in [0.717, 1.165) is 16.1 Å². The predicted octanol–water partition coefficient (Wildman–Crippen LogP) is 3.74. The summed E-state index contributed by atoms with van der Waals surface area (Å²) >= 11 is 0. The third-order valence-corrected chi connectivity index (χ3v) is 6.52. The number of sulfonamides is 1. The van der Waals surface area contributed by atoms with Crippen LogP contribution in [0.15, 0.2) is 48.7 Å². The standard InChI is InChI=1S/C22H21F3N6O3S/c1-31(35(2,33)34)16-5-3-4-13(8-16)11-26-20-17(22(23,24)25)12-27-21(30-20)28-15-7-6-14-9-19(32)29-18(14)10-15/h3-8,10,12H,9,11H2,1-2H3,(H,29,32)(H2,26,27,28,30). The van der Waals surface area contributed by atoms with Gasteiger partial charge in [0, 0.05) is 31.2 Å². The first-order valence-electron chi connectivity index (χ1n) is 10.3. The maximum absolute atomic E-state index is 13.6. The molecule has 1 aliphatic heterocycles. The van der Waals surface area contributed by atoms with Crippen molar-refractivity contribution in [1.29, 1.82) is 0 Å². The third kappa shape index (κ3) is 5.62. The summed E-state index contributed by atoms with van der Waals surface area (Å²) in [6.45, 7) is -0.0458. The second-order valence-corrected chi connectivity index (χ2v) is 9.94. The van der Waals surface area contributed by atoms with Crippen LogP contribution in [0.2, 0.25) is 0 Å². The Hall–Kier alpha value is -3.87. The molecule has 35 heavy (non-hydrogen) atoms. The second-order valence-electron chi connectivity index (χ2n) is 7.93. The average Bonchev–Trinajstić information content (AvgIpc) is 3.15. The predicted molar refractivity (Wildman–Crippen MR) is 126 cm³/mol. The number of carbonyl (C=O) groups excluding carboxylic acids is 1. The fraction of sp³-hybridized carbons (Fsp3) is 0.227. The fourth-order valence-corrected chi connectivity index (χ4v) is 3.94. The molecule has 0 spiro atoms. The first-order chi connectivity index (χ1) is 16.4. The van der Waals surface area contributed by atoms with Crippen LogP contribution < -0.4 is 20.3 Å². The molecule has 13 heteroatoms. The van der Waals surface area contributed by atoms with E-state index in [4.69, 9.17) is 0 Å². The monoisotopic (exact) mass is 506 g/mol. The van der Waals surface area contributed by atoms with E-state index in [1.165, 1.54) is 7.05 Å². The Morgan fingerprint density at radius 3 is 2.66 bits per heavy atom. The van der Waals surface area contributed by atoms with E-state index >= 15 is 0 Å². The van der Waals surface area contributed by atoms with Gasteiger partial charge < -0.3 is 16.0 Å². The van der Waals surface area contributed by atoms with Gasteiger partial charge in [-0.1, -0.05) is 18.2 Å². The molecule has 0 aliphatic carbocycles. The zero-order chi connectivity index (χ0) is 25.4. The topological polar surface area (TPSA) is 116 Å². The smallest absolute Gasteiger partial charge is 0.365 e. The molecule has 3 aromatic rings. The first-order valence-corrected chi connectivity index (χ1v) is 12.2. The number of carbonyl (C=O) groups is 1. The lowest BCUT2D eigenvalue weighted by atomic mass is 10.1. The summed E-state index contributed by atoms with van der Waals surface area (Å²) in [5.74, 6) is -0.650. The number of hydrogen-bond acceptors (Lipinski definition) is 7. The van der Waals surface area contributed by atoms with Crippen LogP contribution in [-0.2, 0) is 34.0 Å². The van der Waals surface area contributed by atoms with Gasteiger partial charge in [-0.2, -0.15) is 18.2 Å². The Morgan fingerprint density at radius 1 is 1.17 bits per heavy atom. The highest BCUT2D eigenvalue weighted by Gasteiger charge is 2.35. The zero-order valence-electron chi connectivity index (χ0n) is 18.6. The van der Waals surface area contributed by atoms with Gasteiger partial charge in [0.2, 0.25) is 21.9 Å². The molecule has 0 radical (unpaired) electrons. The van der Waals surface area contributed by atoms with E-state index in [9.17, 15) is 26.4 Å². The molecule has 1 aliphatic rings. The molecule has 0 unspecified atom stereocenters. The number of anilines is 5. The highest BCUT2D eigenvalue weighted by Crippen LogP contribution is 2.35. The van der Waals surface area contributed by atoms with Crippen molar-refractivity contribution in [3.63, 3.8) is 0 Å². The molecule has 2 aromatic carbocycles. The van der Waals surface area contributed by atoms with Crippen LogP contribution in [0.25, 0.3) is 0 Å². The van der Waals surface area contributed by atoms with E-state index < -0.39 is 27.6 Å². The molecule has 1 aromatic heterocycles. The lowest BCUT2D eigenvalue weighted by molar-refractivity contribution is -0.137. The number of amides is 1. The summed E-state index contributed by atoms with van der Waals surface area (Å²) in [6.07, 6.45) is -2.70. The van der Waals surface area contributed by atoms with Gasteiger partial charge in [-0.05, 0) is 35.4 Å². The van der Waals surface area contributed by atoms with Crippen molar-refractivity contribution in [1.82, 2.24) is 9.97 Å². The minimum absolute atomic E-state index is 0.0458. The second kappa shape index (κ2) is 9.06. The number of nitrogens with one attached hydrogen (secondary N) is 3. The van der Waals surface area contributed by atoms with E-state index in [-0.39, 0.29) is 24.8 Å². The van der Waals surface area contributed by atoms with Crippen molar-refractivity contribution in [2.75, 3.05) is 33.6 Å². The average molecular weight is 507 g/mol. The minimum Gasteiger partial charge on any atom is -0.365 e. The highest BCUT2D eigenvalue weighted by molar-refractivity contribution is 7.92. The van der Waals surface area contributed by atoms with Crippen LogP contribution in [0.5, 0.6) is 0 Å². The summed E-state index contributed by atoms with van der Waals surface area (Å²) in [7, 11) is -2.11.